The molecule has 1 aromatic carbocycles. The number of nitrogens with zero attached hydrogens (tertiary/aromatic N) is 2. The fourth-order valence-electron chi connectivity index (χ4n) is 2.18. The van der Waals surface area contributed by atoms with Gasteiger partial charge in [-0.05, 0) is 38.1 Å². The topological polar surface area (TPSA) is 77.2 Å². The van der Waals surface area contributed by atoms with Gasteiger partial charge in [0.25, 0.3) is 0 Å². The van der Waals surface area contributed by atoms with Crippen LogP contribution in [0, 0.1) is 13.8 Å². The van der Waals surface area contributed by atoms with Gasteiger partial charge in [-0.15, -0.1) is 11.3 Å². The fraction of sp³-hybridized carbons (Fsp3) is 0.235. The summed E-state index contributed by atoms with van der Waals surface area (Å²) in [6, 6.07) is 7.13. The van der Waals surface area contributed by atoms with Crippen molar-refractivity contribution in [3.05, 3.63) is 56.8 Å². The summed E-state index contributed by atoms with van der Waals surface area (Å²) in [4.78, 5) is 16.6. The van der Waals surface area contributed by atoms with E-state index in [1.165, 1.54) is 11.3 Å². The Morgan fingerprint density at radius 3 is 2.76 bits per heavy atom. The maximum Gasteiger partial charge on any atom is 0.230 e. The lowest BCUT2D eigenvalue weighted by Crippen LogP contribution is -2.15. The van der Waals surface area contributed by atoms with E-state index in [4.69, 9.17) is 20.9 Å². The Bertz CT molecular complexity index is 854. The molecule has 1 amide bonds. The highest BCUT2D eigenvalue weighted by Gasteiger charge is 2.14. The lowest BCUT2D eigenvalue weighted by Gasteiger charge is -2.04. The largest absolute Gasteiger partial charge is 0.486 e. The van der Waals surface area contributed by atoms with E-state index in [0.29, 0.717) is 34.5 Å². The van der Waals surface area contributed by atoms with Gasteiger partial charge < -0.3 is 14.6 Å². The van der Waals surface area contributed by atoms with Gasteiger partial charge in [0.2, 0.25) is 5.91 Å². The average molecular weight is 378 g/mol. The molecule has 130 valence electrons. The third kappa shape index (κ3) is 4.58. The standard InChI is InChI=1S/C17H16ClN3O3S/c1-10-17(11(2)24-21-10)20-15(22)7-13-9-25-16(19-13)8-23-14-5-3-12(18)4-6-14/h3-6,9H,7-8H2,1-2H3,(H,20,22). The molecule has 0 saturated heterocycles. The molecule has 0 aliphatic rings. The Hall–Kier alpha value is -2.38. The van der Waals surface area contributed by atoms with Crippen LogP contribution in [-0.4, -0.2) is 16.0 Å². The van der Waals surface area contributed by atoms with E-state index in [9.17, 15) is 4.79 Å². The molecule has 25 heavy (non-hydrogen) atoms. The number of hydrogen-bond acceptors (Lipinski definition) is 6. The first-order valence-electron chi connectivity index (χ1n) is 7.55. The summed E-state index contributed by atoms with van der Waals surface area (Å²) in [7, 11) is 0. The number of anilines is 1. The quantitative estimate of drug-likeness (QED) is 0.697. The molecular weight excluding hydrogens is 362 g/mol. The summed E-state index contributed by atoms with van der Waals surface area (Å²) < 4.78 is 10.7. The highest BCUT2D eigenvalue weighted by Crippen LogP contribution is 2.20. The molecule has 0 saturated carbocycles. The molecule has 3 aromatic rings. The molecule has 6 nitrogen and oxygen atoms in total. The summed E-state index contributed by atoms with van der Waals surface area (Å²) in [5.74, 6) is 1.14. The number of hydrogen-bond donors (Lipinski definition) is 1. The summed E-state index contributed by atoms with van der Waals surface area (Å²) in [5.41, 5.74) is 1.97. The number of amides is 1. The van der Waals surface area contributed by atoms with Crippen molar-refractivity contribution in [2.45, 2.75) is 26.9 Å². The molecule has 0 aliphatic carbocycles. The van der Waals surface area contributed by atoms with Crippen molar-refractivity contribution in [2.24, 2.45) is 0 Å². The molecule has 8 heteroatoms. The molecule has 0 unspecified atom stereocenters. The van der Waals surface area contributed by atoms with E-state index < -0.39 is 0 Å². The predicted molar refractivity (Wildman–Crippen MR) is 96.2 cm³/mol. The van der Waals surface area contributed by atoms with Crippen molar-refractivity contribution in [3.8, 4) is 5.75 Å². The van der Waals surface area contributed by atoms with Gasteiger partial charge in [-0.3, -0.25) is 4.79 Å². The van der Waals surface area contributed by atoms with Gasteiger partial charge in [-0.25, -0.2) is 4.98 Å². The van der Waals surface area contributed by atoms with Crippen molar-refractivity contribution in [3.63, 3.8) is 0 Å². The van der Waals surface area contributed by atoms with E-state index >= 15 is 0 Å². The minimum atomic E-state index is -0.162. The molecule has 0 atom stereocenters. The molecule has 0 spiro atoms. The Morgan fingerprint density at radius 2 is 2.08 bits per heavy atom. The fourth-order valence-corrected chi connectivity index (χ4v) is 3.01. The summed E-state index contributed by atoms with van der Waals surface area (Å²) in [6.45, 7) is 3.88. The molecule has 0 radical (unpaired) electrons. The van der Waals surface area contributed by atoms with Gasteiger partial charge in [0.1, 0.15) is 28.7 Å². The molecule has 0 fully saturated rings. The van der Waals surface area contributed by atoms with Crippen LogP contribution < -0.4 is 10.1 Å². The number of carbonyl (C=O) groups is 1. The first-order chi connectivity index (χ1) is 12.0. The van der Waals surface area contributed by atoms with Crippen molar-refractivity contribution in [2.75, 3.05) is 5.32 Å². The first-order valence-corrected chi connectivity index (χ1v) is 8.81. The SMILES string of the molecule is Cc1noc(C)c1NC(=O)Cc1csc(COc2ccc(Cl)cc2)n1. The van der Waals surface area contributed by atoms with Crippen LogP contribution >= 0.6 is 22.9 Å². The molecule has 0 bridgehead atoms. The van der Waals surface area contributed by atoms with Crippen LogP contribution in [0.3, 0.4) is 0 Å². The van der Waals surface area contributed by atoms with Crippen molar-refractivity contribution >= 4 is 34.5 Å². The van der Waals surface area contributed by atoms with Crippen molar-refractivity contribution < 1.29 is 14.1 Å². The number of halogens is 1. The number of rotatable bonds is 6. The number of aryl methyl sites for hydroxylation is 2. The number of ether oxygens (including phenoxy) is 1. The molecule has 2 aromatic heterocycles. The average Bonchev–Trinajstić information content (AvgIpc) is 3.16. The van der Waals surface area contributed by atoms with Crippen molar-refractivity contribution in [1.82, 2.24) is 10.1 Å². The first kappa shape index (κ1) is 17.4. The lowest BCUT2D eigenvalue weighted by molar-refractivity contribution is -0.115. The molecule has 2 heterocycles. The van der Waals surface area contributed by atoms with E-state index in [0.717, 1.165) is 10.8 Å². The number of thiazole rings is 1. The smallest absolute Gasteiger partial charge is 0.230 e. The van der Waals surface area contributed by atoms with Crippen LogP contribution in [0.25, 0.3) is 0 Å². The van der Waals surface area contributed by atoms with Crippen LogP contribution in [0.1, 0.15) is 22.2 Å². The van der Waals surface area contributed by atoms with Crippen LogP contribution in [0.4, 0.5) is 5.69 Å². The van der Waals surface area contributed by atoms with E-state index in [2.05, 4.69) is 15.5 Å². The number of aromatic nitrogens is 2. The second-order valence-electron chi connectivity index (χ2n) is 5.40. The normalized spacial score (nSPS) is 10.7. The lowest BCUT2D eigenvalue weighted by atomic mass is 10.3. The number of benzene rings is 1. The third-order valence-corrected chi connectivity index (χ3v) is 4.54. The van der Waals surface area contributed by atoms with Crippen LogP contribution in [0.5, 0.6) is 5.75 Å². The Kier molecular flexibility index (Phi) is 5.35. The maximum absolute atomic E-state index is 12.1. The van der Waals surface area contributed by atoms with Gasteiger partial charge >= 0.3 is 0 Å². The van der Waals surface area contributed by atoms with E-state index in [-0.39, 0.29) is 12.3 Å². The minimum Gasteiger partial charge on any atom is -0.486 e. The molecular formula is C17H16ClN3O3S. The number of nitrogens with one attached hydrogen (secondary N) is 1. The van der Waals surface area contributed by atoms with E-state index in [1.54, 1.807) is 38.1 Å². The number of carbonyl (C=O) groups excluding carboxylic acids is 1. The maximum atomic E-state index is 12.1. The van der Waals surface area contributed by atoms with E-state index in [1.807, 2.05) is 5.38 Å². The van der Waals surface area contributed by atoms with Gasteiger partial charge in [0, 0.05) is 10.4 Å². The molecule has 3 rings (SSSR count). The molecule has 0 aliphatic heterocycles. The van der Waals surface area contributed by atoms with Gasteiger partial charge in [0.05, 0.1) is 12.1 Å². The molecule has 1 N–H and O–H groups in total. The third-order valence-electron chi connectivity index (χ3n) is 3.41. The minimum absolute atomic E-state index is 0.162. The van der Waals surface area contributed by atoms with Gasteiger partial charge in [-0.1, -0.05) is 16.8 Å². The van der Waals surface area contributed by atoms with Gasteiger partial charge in [0.15, 0.2) is 5.76 Å². The van der Waals surface area contributed by atoms with Gasteiger partial charge in [-0.2, -0.15) is 0 Å². The zero-order valence-electron chi connectivity index (χ0n) is 13.7. The van der Waals surface area contributed by atoms with Crippen LogP contribution in [-0.2, 0) is 17.8 Å². The predicted octanol–water partition coefficient (Wildman–Crippen LogP) is 4.16. The second-order valence-corrected chi connectivity index (χ2v) is 6.78. The van der Waals surface area contributed by atoms with Crippen LogP contribution in [0.15, 0.2) is 34.2 Å². The second kappa shape index (κ2) is 7.67. The monoisotopic (exact) mass is 377 g/mol. The zero-order chi connectivity index (χ0) is 17.8. The highest BCUT2D eigenvalue weighted by molar-refractivity contribution is 7.09. The summed E-state index contributed by atoms with van der Waals surface area (Å²) >= 11 is 7.29. The summed E-state index contributed by atoms with van der Waals surface area (Å²) in [6.07, 6.45) is 0.182. The van der Waals surface area contributed by atoms with Crippen molar-refractivity contribution in [1.29, 1.82) is 0 Å². The van der Waals surface area contributed by atoms with Crippen LogP contribution in [0.2, 0.25) is 5.02 Å². The Morgan fingerprint density at radius 1 is 1.32 bits per heavy atom. The zero-order valence-corrected chi connectivity index (χ0v) is 15.3. The Labute approximate surface area is 153 Å². The highest BCUT2D eigenvalue weighted by atomic mass is 35.5. The summed E-state index contributed by atoms with van der Waals surface area (Å²) in [5, 5.41) is 9.93. The Balaban J connectivity index is 1.54.